The molecule has 1 aromatic rings. The number of hydrogen-bond acceptors (Lipinski definition) is 3. The van der Waals surface area contributed by atoms with Crippen molar-refractivity contribution < 1.29 is 9.90 Å². The average molecular weight is 232 g/mol. The van der Waals surface area contributed by atoms with Gasteiger partial charge in [-0.3, -0.25) is 9.78 Å². The maximum atomic E-state index is 11.9. The molecule has 1 aliphatic carbocycles. The van der Waals surface area contributed by atoms with Crippen LogP contribution in [0, 0.1) is 5.92 Å². The lowest BCUT2D eigenvalue weighted by Gasteiger charge is -2.47. The minimum atomic E-state index is -0.575. The van der Waals surface area contributed by atoms with Gasteiger partial charge in [-0.2, -0.15) is 0 Å². The molecule has 4 nitrogen and oxygen atoms in total. The lowest BCUT2D eigenvalue weighted by atomic mass is 9.88. The summed E-state index contributed by atoms with van der Waals surface area (Å²) >= 11 is 0. The molecule has 3 rings (SSSR count). The van der Waals surface area contributed by atoms with Crippen LogP contribution >= 0.6 is 0 Å². The Labute approximate surface area is 100 Å². The second-order valence-electron chi connectivity index (χ2n) is 5.16. The summed E-state index contributed by atoms with van der Waals surface area (Å²) < 4.78 is 0. The van der Waals surface area contributed by atoms with Crippen LogP contribution < -0.4 is 0 Å². The second-order valence-corrected chi connectivity index (χ2v) is 5.16. The Kier molecular flexibility index (Phi) is 2.40. The fourth-order valence-corrected chi connectivity index (χ4v) is 2.46. The van der Waals surface area contributed by atoms with Gasteiger partial charge in [-0.05, 0) is 36.5 Å². The average Bonchev–Trinajstić information content (AvgIpc) is 3.10. The van der Waals surface area contributed by atoms with Gasteiger partial charge in [0, 0.05) is 12.4 Å². The predicted octanol–water partition coefficient (Wildman–Crippen LogP) is 0.607. The second kappa shape index (κ2) is 3.81. The number of aliphatic hydroxyl groups is 1. The van der Waals surface area contributed by atoms with Gasteiger partial charge in [-0.1, -0.05) is 0 Å². The molecule has 4 heteroatoms. The molecule has 1 amide bonds. The lowest BCUT2D eigenvalue weighted by Crippen LogP contribution is -2.65. The zero-order valence-corrected chi connectivity index (χ0v) is 9.67. The number of hydrogen-bond donors (Lipinski definition) is 1. The van der Waals surface area contributed by atoms with E-state index in [4.69, 9.17) is 0 Å². The molecule has 0 atom stereocenters. The largest absolute Gasteiger partial charge is 0.386 e. The van der Waals surface area contributed by atoms with Crippen LogP contribution in [-0.2, 0) is 11.2 Å². The first kappa shape index (κ1) is 10.7. The molecule has 0 unspecified atom stereocenters. The first-order chi connectivity index (χ1) is 8.17. The summed E-state index contributed by atoms with van der Waals surface area (Å²) in [7, 11) is 0. The van der Waals surface area contributed by atoms with Crippen LogP contribution in [0.2, 0.25) is 0 Å². The van der Waals surface area contributed by atoms with E-state index in [1.54, 1.807) is 17.3 Å². The van der Waals surface area contributed by atoms with Crippen molar-refractivity contribution in [3.05, 3.63) is 30.1 Å². The summed E-state index contributed by atoms with van der Waals surface area (Å²) in [5.74, 6) is 0.536. The molecule has 2 heterocycles. The fourth-order valence-electron chi connectivity index (χ4n) is 2.46. The molecule has 1 aromatic heterocycles. The Morgan fingerprint density at radius 3 is 2.65 bits per heavy atom. The topological polar surface area (TPSA) is 53.4 Å². The normalized spacial score (nSPS) is 22.1. The van der Waals surface area contributed by atoms with E-state index in [2.05, 4.69) is 4.98 Å². The van der Waals surface area contributed by atoms with Crippen LogP contribution in [0.5, 0.6) is 0 Å². The third-order valence-corrected chi connectivity index (χ3v) is 3.72. The summed E-state index contributed by atoms with van der Waals surface area (Å²) in [5, 5.41) is 10.1. The van der Waals surface area contributed by atoms with Gasteiger partial charge in [0.1, 0.15) is 5.60 Å². The molecule has 2 fully saturated rings. The molecular formula is C13H16N2O2. The summed E-state index contributed by atoms with van der Waals surface area (Å²) in [6.07, 6.45) is 6.02. The number of nitrogens with zero attached hydrogens (tertiary/aromatic N) is 2. The van der Waals surface area contributed by atoms with Crippen molar-refractivity contribution in [1.82, 2.24) is 9.88 Å². The van der Waals surface area contributed by atoms with Crippen molar-refractivity contribution >= 4 is 5.91 Å². The van der Waals surface area contributed by atoms with Crippen molar-refractivity contribution in [1.29, 1.82) is 0 Å². The molecule has 1 aliphatic heterocycles. The maximum Gasteiger partial charge on any atom is 0.227 e. The molecule has 2 aliphatic rings. The minimum Gasteiger partial charge on any atom is -0.386 e. The van der Waals surface area contributed by atoms with Crippen LogP contribution in [0.25, 0.3) is 0 Å². The van der Waals surface area contributed by atoms with Crippen LogP contribution in [0.1, 0.15) is 18.4 Å². The number of carbonyl (C=O) groups is 1. The molecule has 1 saturated carbocycles. The van der Waals surface area contributed by atoms with Crippen molar-refractivity contribution in [2.45, 2.75) is 24.9 Å². The van der Waals surface area contributed by atoms with Crippen molar-refractivity contribution in [3.8, 4) is 0 Å². The maximum absolute atomic E-state index is 11.9. The van der Waals surface area contributed by atoms with Crippen LogP contribution in [0.4, 0.5) is 0 Å². The number of aromatic nitrogens is 1. The smallest absolute Gasteiger partial charge is 0.227 e. The number of likely N-dealkylation sites (tertiary alicyclic amines) is 1. The highest BCUT2D eigenvalue weighted by Crippen LogP contribution is 2.44. The third kappa shape index (κ3) is 2.05. The predicted molar refractivity (Wildman–Crippen MR) is 62.2 cm³/mol. The highest BCUT2D eigenvalue weighted by molar-refractivity contribution is 5.79. The fraction of sp³-hybridized carbons (Fsp3) is 0.538. The van der Waals surface area contributed by atoms with E-state index < -0.39 is 5.60 Å². The van der Waals surface area contributed by atoms with Crippen molar-refractivity contribution in [2.75, 3.05) is 13.1 Å². The van der Waals surface area contributed by atoms with E-state index in [1.807, 2.05) is 12.1 Å². The zero-order chi connectivity index (χ0) is 11.9. The molecule has 1 saturated heterocycles. The monoisotopic (exact) mass is 232 g/mol. The standard InChI is InChI=1S/C13H16N2O2/c16-12(7-10-3-5-14-6-4-10)15-8-13(17,9-15)11-1-2-11/h3-6,11,17H,1-2,7-9H2. The first-order valence-corrected chi connectivity index (χ1v) is 6.06. The Morgan fingerprint density at radius 1 is 1.41 bits per heavy atom. The lowest BCUT2D eigenvalue weighted by molar-refractivity contribution is -0.158. The van der Waals surface area contributed by atoms with Crippen molar-refractivity contribution in [3.63, 3.8) is 0 Å². The molecule has 0 radical (unpaired) electrons. The summed E-state index contributed by atoms with van der Waals surface area (Å²) in [5.41, 5.74) is 0.403. The highest BCUT2D eigenvalue weighted by Gasteiger charge is 2.53. The van der Waals surface area contributed by atoms with Crippen LogP contribution in [0.3, 0.4) is 0 Å². The number of pyridine rings is 1. The van der Waals surface area contributed by atoms with Crippen molar-refractivity contribution in [2.24, 2.45) is 5.92 Å². The van der Waals surface area contributed by atoms with Crippen LogP contribution in [0.15, 0.2) is 24.5 Å². The van der Waals surface area contributed by atoms with E-state index in [-0.39, 0.29) is 5.91 Å². The Bertz CT molecular complexity index is 422. The Hall–Kier alpha value is -1.42. The number of β-amino-alcohol motifs (C(OH)–C–C–N with tert-alkyl or cyclic N) is 1. The summed E-state index contributed by atoms with van der Waals surface area (Å²) in [6.45, 7) is 1.03. The molecule has 0 bridgehead atoms. The molecule has 17 heavy (non-hydrogen) atoms. The van der Waals surface area contributed by atoms with Crippen LogP contribution in [-0.4, -0.2) is 39.6 Å². The van der Waals surface area contributed by atoms with Gasteiger partial charge < -0.3 is 10.0 Å². The van der Waals surface area contributed by atoms with E-state index in [0.717, 1.165) is 18.4 Å². The Balaban J connectivity index is 1.55. The number of rotatable bonds is 3. The van der Waals surface area contributed by atoms with E-state index >= 15 is 0 Å². The summed E-state index contributed by atoms with van der Waals surface area (Å²) in [6, 6.07) is 3.70. The van der Waals surface area contributed by atoms with Gasteiger partial charge in [-0.25, -0.2) is 0 Å². The molecular weight excluding hydrogens is 216 g/mol. The van der Waals surface area contributed by atoms with Gasteiger partial charge in [0.15, 0.2) is 0 Å². The zero-order valence-electron chi connectivity index (χ0n) is 9.67. The van der Waals surface area contributed by atoms with Gasteiger partial charge >= 0.3 is 0 Å². The quantitative estimate of drug-likeness (QED) is 0.830. The Morgan fingerprint density at radius 2 is 2.06 bits per heavy atom. The third-order valence-electron chi connectivity index (χ3n) is 3.72. The minimum absolute atomic E-state index is 0.0986. The van der Waals surface area contributed by atoms with E-state index in [1.165, 1.54) is 0 Å². The van der Waals surface area contributed by atoms with Gasteiger partial charge in [-0.15, -0.1) is 0 Å². The first-order valence-electron chi connectivity index (χ1n) is 6.06. The molecule has 90 valence electrons. The van der Waals surface area contributed by atoms with Gasteiger partial charge in [0.2, 0.25) is 5.91 Å². The number of amides is 1. The van der Waals surface area contributed by atoms with E-state index in [0.29, 0.717) is 25.4 Å². The van der Waals surface area contributed by atoms with Gasteiger partial charge in [0.05, 0.1) is 19.5 Å². The highest BCUT2D eigenvalue weighted by atomic mass is 16.3. The number of carbonyl (C=O) groups excluding carboxylic acids is 1. The SMILES string of the molecule is O=C(Cc1ccncc1)N1CC(O)(C2CC2)C1. The van der Waals surface area contributed by atoms with E-state index in [9.17, 15) is 9.90 Å². The molecule has 0 aromatic carbocycles. The van der Waals surface area contributed by atoms with Gasteiger partial charge in [0.25, 0.3) is 0 Å². The molecule has 0 spiro atoms. The summed E-state index contributed by atoms with van der Waals surface area (Å²) in [4.78, 5) is 17.6. The molecule has 1 N–H and O–H groups in total.